The van der Waals surface area contributed by atoms with Gasteiger partial charge < -0.3 is 21.1 Å². The van der Waals surface area contributed by atoms with Gasteiger partial charge in [0, 0.05) is 11.9 Å². The lowest BCUT2D eigenvalue weighted by Crippen LogP contribution is -2.46. The Hall–Kier alpha value is -4.25. The van der Waals surface area contributed by atoms with Crippen LogP contribution in [0.3, 0.4) is 0 Å². The van der Waals surface area contributed by atoms with Crippen LogP contribution in [0.5, 0.6) is 0 Å². The van der Waals surface area contributed by atoms with E-state index < -0.39 is 35.9 Å². The van der Waals surface area contributed by atoms with Crippen molar-refractivity contribution in [3.05, 3.63) is 82.4 Å². The topological polar surface area (TPSA) is 150 Å². The van der Waals surface area contributed by atoms with E-state index in [1.807, 2.05) is 49.4 Å². The molecule has 188 valence electrons. The molecule has 1 unspecified atom stereocenters. The molecule has 1 aromatic heterocycles. The number of hydrogen-bond donors (Lipinski definition) is 5. The van der Waals surface area contributed by atoms with Crippen molar-refractivity contribution in [2.24, 2.45) is 0 Å². The first kappa shape index (κ1) is 26.4. The molecule has 4 amide bonds. The predicted octanol–water partition coefficient (Wildman–Crippen LogP) is 3.22. The van der Waals surface area contributed by atoms with Gasteiger partial charge in [-0.2, -0.15) is 0 Å². The Kier molecular flexibility index (Phi) is 9.12. The molecular weight excluding hydrogens is 482 g/mol. The second kappa shape index (κ2) is 12.5. The minimum Gasteiger partial charge on any atom is -0.481 e. The maximum Gasteiger partial charge on any atom is 0.321 e. The van der Waals surface area contributed by atoms with Crippen LogP contribution in [0, 0.1) is 6.92 Å². The maximum absolute atomic E-state index is 12.7. The lowest BCUT2D eigenvalue weighted by molar-refractivity contribution is -0.137. The van der Waals surface area contributed by atoms with E-state index in [0.717, 1.165) is 22.5 Å². The molecule has 5 N–H and O–H groups in total. The number of rotatable bonds is 10. The molecule has 0 saturated carbocycles. The molecule has 1 heterocycles. The highest BCUT2D eigenvalue weighted by Gasteiger charge is 2.23. The zero-order chi connectivity index (χ0) is 26.1. The molecule has 0 fully saturated rings. The number of nitrogens with one attached hydrogen (secondary N) is 4. The molecule has 10 nitrogen and oxygen atoms in total. The summed E-state index contributed by atoms with van der Waals surface area (Å²) in [5, 5.41) is 21.4. The van der Waals surface area contributed by atoms with Gasteiger partial charge in [-0.15, -0.1) is 11.3 Å². The van der Waals surface area contributed by atoms with E-state index in [0.29, 0.717) is 12.1 Å². The number of benzene rings is 2. The van der Waals surface area contributed by atoms with E-state index in [9.17, 15) is 24.3 Å². The molecular formula is C25H27N5O5S. The molecule has 3 rings (SSSR count). The van der Waals surface area contributed by atoms with Gasteiger partial charge in [-0.3, -0.25) is 19.7 Å². The molecule has 0 spiro atoms. The summed E-state index contributed by atoms with van der Waals surface area (Å²) in [7, 11) is 0. The van der Waals surface area contributed by atoms with Crippen molar-refractivity contribution in [3.63, 3.8) is 0 Å². The van der Waals surface area contributed by atoms with Gasteiger partial charge in [0.1, 0.15) is 11.7 Å². The average Bonchev–Trinajstić information content (AvgIpc) is 3.31. The number of aromatic nitrogens is 1. The summed E-state index contributed by atoms with van der Waals surface area (Å²) in [4.78, 5) is 52.7. The van der Waals surface area contributed by atoms with Gasteiger partial charge in [0.25, 0.3) is 5.91 Å². The molecule has 2 aromatic carbocycles. The SMILES string of the molecule is Cc1ccc(C(CC(=O)O)NC(=O)[C@H](C)NC(=O)c2csc(NC(=O)NCc3ccccc3)n2)cc1. The molecule has 2 atom stereocenters. The molecule has 0 saturated heterocycles. The second-order valence-corrected chi connectivity index (χ2v) is 8.95. The number of carbonyl (C=O) groups is 4. The van der Waals surface area contributed by atoms with Crippen molar-refractivity contribution in [2.75, 3.05) is 5.32 Å². The van der Waals surface area contributed by atoms with Crippen LogP contribution in [-0.4, -0.2) is 39.9 Å². The Bertz CT molecular complexity index is 1210. The van der Waals surface area contributed by atoms with Crippen molar-refractivity contribution in [1.82, 2.24) is 20.9 Å². The smallest absolute Gasteiger partial charge is 0.321 e. The number of anilines is 1. The van der Waals surface area contributed by atoms with Crippen molar-refractivity contribution in [2.45, 2.75) is 38.9 Å². The molecule has 0 aliphatic rings. The molecule has 36 heavy (non-hydrogen) atoms. The van der Waals surface area contributed by atoms with Gasteiger partial charge in [0.2, 0.25) is 5.91 Å². The Morgan fingerprint density at radius 3 is 2.36 bits per heavy atom. The molecule has 0 radical (unpaired) electrons. The summed E-state index contributed by atoms with van der Waals surface area (Å²) in [6, 6.07) is 14.4. The zero-order valence-corrected chi connectivity index (χ0v) is 20.6. The molecule has 0 bridgehead atoms. The van der Waals surface area contributed by atoms with Gasteiger partial charge in [-0.25, -0.2) is 9.78 Å². The number of carbonyl (C=O) groups excluding carboxylic acids is 3. The van der Waals surface area contributed by atoms with Crippen LogP contribution in [0.25, 0.3) is 0 Å². The zero-order valence-electron chi connectivity index (χ0n) is 19.8. The number of carboxylic acid groups (broad SMARTS) is 1. The van der Waals surface area contributed by atoms with Crippen LogP contribution in [0.15, 0.2) is 60.0 Å². The summed E-state index contributed by atoms with van der Waals surface area (Å²) in [5.74, 6) is -2.20. The van der Waals surface area contributed by atoms with E-state index >= 15 is 0 Å². The first-order valence-corrected chi connectivity index (χ1v) is 12.0. The normalized spacial score (nSPS) is 12.2. The Morgan fingerprint density at radius 1 is 1.00 bits per heavy atom. The monoisotopic (exact) mass is 509 g/mol. The van der Waals surface area contributed by atoms with Crippen LogP contribution < -0.4 is 21.3 Å². The van der Waals surface area contributed by atoms with Crippen molar-refractivity contribution in [3.8, 4) is 0 Å². The van der Waals surface area contributed by atoms with Gasteiger partial charge in [0.15, 0.2) is 5.13 Å². The van der Waals surface area contributed by atoms with E-state index in [-0.39, 0.29) is 17.2 Å². The van der Waals surface area contributed by atoms with Crippen LogP contribution >= 0.6 is 11.3 Å². The number of amides is 4. The summed E-state index contributed by atoms with van der Waals surface area (Å²) >= 11 is 1.07. The van der Waals surface area contributed by atoms with Crippen LogP contribution in [0.4, 0.5) is 9.93 Å². The fraction of sp³-hybridized carbons (Fsp3) is 0.240. The Morgan fingerprint density at radius 2 is 1.69 bits per heavy atom. The van der Waals surface area contributed by atoms with E-state index in [1.54, 1.807) is 12.1 Å². The van der Waals surface area contributed by atoms with Gasteiger partial charge in [-0.05, 0) is 25.0 Å². The number of aliphatic carboxylic acids is 1. The highest BCUT2D eigenvalue weighted by Crippen LogP contribution is 2.18. The minimum atomic E-state index is -1.06. The van der Waals surface area contributed by atoms with Crippen molar-refractivity contribution >= 4 is 40.3 Å². The summed E-state index contributed by atoms with van der Waals surface area (Å²) in [6.07, 6.45) is -0.303. The third-order valence-corrected chi connectivity index (χ3v) is 5.93. The standard InChI is InChI=1S/C25H27N5O5S/c1-15-8-10-18(11-9-15)19(12-21(31)32)28-22(33)16(2)27-23(34)20-14-36-25(29-20)30-24(35)26-13-17-6-4-3-5-7-17/h3-11,14,16,19H,12-13H2,1-2H3,(H,27,34)(H,28,33)(H,31,32)(H2,26,29,30,35)/t16-,19?/m0/s1. The van der Waals surface area contributed by atoms with Crippen LogP contribution in [0.2, 0.25) is 0 Å². The maximum atomic E-state index is 12.7. The summed E-state index contributed by atoms with van der Waals surface area (Å²) in [6.45, 7) is 3.73. The van der Waals surface area contributed by atoms with Crippen molar-refractivity contribution in [1.29, 1.82) is 0 Å². The van der Waals surface area contributed by atoms with Crippen LogP contribution in [-0.2, 0) is 16.1 Å². The fourth-order valence-electron chi connectivity index (χ4n) is 3.21. The minimum absolute atomic E-state index is 0.0404. The quantitative estimate of drug-likeness (QED) is 0.283. The highest BCUT2D eigenvalue weighted by atomic mass is 32.1. The van der Waals surface area contributed by atoms with E-state index in [4.69, 9.17) is 0 Å². The third kappa shape index (κ3) is 7.91. The lowest BCUT2D eigenvalue weighted by Gasteiger charge is -2.21. The van der Waals surface area contributed by atoms with Gasteiger partial charge in [-0.1, -0.05) is 60.2 Å². The largest absolute Gasteiger partial charge is 0.481 e. The Balaban J connectivity index is 1.53. The average molecular weight is 510 g/mol. The first-order valence-electron chi connectivity index (χ1n) is 11.1. The molecule has 0 aliphatic carbocycles. The fourth-order valence-corrected chi connectivity index (χ4v) is 3.90. The molecule has 3 aromatic rings. The number of urea groups is 1. The third-order valence-electron chi connectivity index (χ3n) is 5.17. The van der Waals surface area contributed by atoms with Gasteiger partial charge in [0.05, 0.1) is 12.5 Å². The lowest BCUT2D eigenvalue weighted by atomic mass is 10.0. The second-order valence-electron chi connectivity index (χ2n) is 8.10. The number of carboxylic acids is 1. The predicted molar refractivity (Wildman–Crippen MR) is 136 cm³/mol. The van der Waals surface area contributed by atoms with Crippen molar-refractivity contribution < 1.29 is 24.3 Å². The molecule has 11 heteroatoms. The molecule has 0 aliphatic heterocycles. The highest BCUT2D eigenvalue weighted by molar-refractivity contribution is 7.14. The summed E-state index contributed by atoms with van der Waals surface area (Å²) < 4.78 is 0. The number of hydrogen-bond acceptors (Lipinski definition) is 6. The number of thiazole rings is 1. The number of nitrogens with zero attached hydrogens (tertiary/aromatic N) is 1. The number of aryl methyl sites for hydroxylation is 1. The summed E-state index contributed by atoms with van der Waals surface area (Å²) in [5.41, 5.74) is 2.63. The van der Waals surface area contributed by atoms with E-state index in [1.165, 1.54) is 12.3 Å². The first-order chi connectivity index (χ1) is 17.2. The van der Waals surface area contributed by atoms with Crippen LogP contribution in [0.1, 0.15) is 46.6 Å². The van der Waals surface area contributed by atoms with E-state index in [2.05, 4.69) is 26.3 Å². The Labute approximate surface area is 212 Å². The van der Waals surface area contributed by atoms with Gasteiger partial charge >= 0.3 is 12.0 Å².